The van der Waals surface area contributed by atoms with E-state index in [4.69, 9.17) is 9.47 Å². The molecule has 6 heteroatoms. The molecule has 2 aromatic rings. The molecule has 1 aromatic carbocycles. The monoisotopic (exact) mass is 369 g/mol. The summed E-state index contributed by atoms with van der Waals surface area (Å²) in [6.07, 6.45) is 4.32. The van der Waals surface area contributed by atoms with E-state index in [0.29, 0.717) is 19.8 Å². The minimum Gasteiger partial charge on any atom is -0.454 e. The maximum absolute atomic E-state index is 12.5. The van der Waals surface area contributed by atoms with Crippen molar-refractivity contribution in [3.8, 4) is 11.5 Å². The van der Waals surface area contributed by atoms with Crippen LogP contribution in [0.5, 0.6) is 11.5 Å². The second-order valence-electron chi connectivity index (χ2n) is 8.00. The molecule has 2 aliphatic rings. The van der Waals surface area contributed by atoms with Crippen LogP contribution in [0, 0.1) is 12.3 Å². The van der Waals surface area contributed by atoms with E-state index in [2.05, 4.69) is 38.0 Å². The van der Waals surface area contributed by atoms with E-state index in [1.54, 1.807) is 0 Å². The molecule has 144 valence electrons. The van der Waals surface area contributed by atoms with Crippen molar-refractivity contribution in [2.75, 3.05) is 13.3 Å². The van der Waals surface area contributed by atoms with Crippen LogP contribution in [0.2, 0.25) is 0 Å². The molecule has 4 rings (SSSR count). The molecule has 0 aliphatic carbocycles. The number of hydrogen-bond acceptors (Lipinski definition) is 4. The fourth-order valence-electron chi connectivity index (χ4n) is 4.19. The third-order valence-electron chi connectivity index (χ3n) is 5.80. The summed E-state index contributed by atoms with van der Waals surface area (Å²) >= 11 is 0. The summed E-state index contributed by atoms with van der Waals surface area (Å²) in [7, 11) is 0. The van der Waals surface area contributed by atoms with E-state index in [1.807, 2.05) is 21.8 Å². The summed E-state index contributed by atoms with van der Waals surface area (Å²) in [5.74, 6) is 1.87. The molecule has 0 spiro atoms. The van der Waals surface area contributed by atoms with E-state index in [9.17, 15) is 4.79 Å². The number of carbonyl (C=O) groups is 1. The summed E-state index contributed by atoms with van der Waals surface area (Å²) in [5.41, 5.74) is 3.56. The molecule has 0 saturated carbocycles. The van der Waals surface area contributed by atoms with Crippen molar-refractivity contribution < 1.29 is 14.3 Å². The molecule has 1 unspecified atom stereocenters. The fourth-order valence-corrected chi connectivity index (χ4v) is 4.19. The lowest BCUT2D eigenvalue weighted by Crippen LogP contribution is -2.45. The molecule has 1 aromatic heterocycles. The zero-order chi connectivity index (χ0) is 19.0. The van der Waals surface area contributed by atoms with Gasteiger partial charge in [-0.1, -0.05) is 13.0 Å². The number of aromatic nitrogens is 2. The van der Waals surface area contributed by atoms with Crippen LogP contribution in [-0.4, -0.2) is 33.9 Å². The van der Waals surface area contributed by atoms with Gasteiger partial charge >= 0.3 is 0 Å². The predicted octanol–water partition coefficient (Wildman–Crippen LogP) is 3.31. The van der Waals surface area contributed by atoms with Gasteiger partial charge in [0.1, 0.15) is 0 Å². The van der Waals surface area contributed by atoms with E-state index in [1.165, 1.54) is 5.56 Å². The van der Waals surface area contributed by atoms with Crippen molar-refractivity contribution in [1.82, 2.24) is 14.7 Å². The Morgan fingerprint density at radius 1 is 1.26 bits per heavy atom. The molecule has 1 atom stereocenters. The quantitative estimate of drug-likeness (QED) is 0.811. The number of amides is 1. The molecule has 3 heterocycles. The van der Waals surface area contributed by atoms with Gasteiger partial charge in [-0.2, -0.15) is 5.10 Å². The number of likely N-dealkylation sites (tertiary alicyclic amines) is 1. The van der Waals surface area contributed by atoms with Crippen molar-refractivity contribution in [2.24, 2.45) is 5.41 Å². The Labute approximate surface area is 160 Å². The van der Waals surface area contributed by atoms with Crippen molar-refractivity contribution in [2.45, 2.75) is 53.1 Å². The number of hydrogen-bond donors (Lipinski definition) is 0. The summed E-state index contributed by atoms with van der Waals surface area (Å²) in [6.45, 7) is 8.98. The molecule has 0 bridgehead atoms. The number of nitrogens with zero attached hydrogens (tertiary/aromatic N) is 3. The Bertz CT molecular complexity index is 860. The van der Waals surface area contributed by atoms with Gasteiger partial charge in [-0.3, -0.25) is 9.48 Å². The molecule has 27 heavy (non-hydrogen) atoms. The SMILES string of the molecule is CCn1ncc(CN2CC(C)(Cc3ccc4c(c3)OCO4)CCC2=O)c1C. The first-order valence-corrected chi connectivity index (χ1v) is 9.65. The highest BCUT2D eigenvalue weighted by molar-refractivity contribution is 5.77. The average Bonchev–Trinajstić information content (AvgIpc) is 3.25. The highest BCUT2D eigenvalue weighted by atomic mass is 16.7. The normalized spacial score (nSPS) is 21.7. The van der Waals surface area contributed by atoms with Crippen LogP contribution in [0.1, 0.15) is 43.5 Å². The maximum atomic E-state index is 12.5. The van der Waals surface area contributed by atoms with Gasteiger partial charge in [-0.25, -0.2) is 0 Å². The van der Waals surface area contributed by atoms with Crippen LogP contribution in [0.4, 0.5) is 0 Å². The standard InChI is InChI=1S/C21H27N3O3/c1-4-24-15(2)17(11-22-24)12-23-13-21(3,8-7-20(23)25)10-16-5-6-18-19(9-16)27-14-26-18/h5-6,9,11H,4,7-8,10,12-14H2,1-3H3. The second-order valence-corrected chi connectivity index (χ2v) is 8.00. The van der Waals surface area contributed by atoms with Crippen molar-refractivity contribution in [3.63, 3.8) is 0 Å². The van der Waals surface area contributed by atoms with Crippen LogP contribution < -0.4 is 9.47 Å². The number of piperidine rings is 1. The second kappa shape index (κ2) is 6.91. The Kier molecular flexibility index (Phi) is 4.58. The van der Waals surface area contributed by atoms with Crippen molar-refractivity contribution >= 4 is 5.91 Å². The molecular weight excluding hydrogens is 342 g/mol. The van der Waals surface area contributed by atoms with Gasteiger partial charge in [0.2, 0.25) is 12.7 Å². The third-order valence-corrected chi connectivity index (χ3v) is 5.80. The van der Waals surface area contributed by atoms with Gasteiger partial charge in [0.25, 0.3) is 0 Å². The third kappa shape index (κ3) is 3.53. The molecule has 0 radical (unpaired) electrons. The van der Waals surface area contributed by atoms with E-state index < -0.39 is 0 Å². The summed E-state index contributed by atoms with van der Waals surface area (Å²) in [4.78, 5) is 14.5. The Hall–Kier alpha value is -2.50. The smallest absolute Gasteiger partial charge is 0.231 e. The highest BCUT2D eigenvalue weighted by Gasteiger charge is 2.35. The molecule has 1 amide bonds. The molecule has 1 fully saturated rings. The largest absolute Gasteiger partial charge is 0.454 e. The molecular formula is C21H27N3O3. The number of fused-ring (bicyclic) bond motifs is 1. The number of rotatable bonds is 5. The predicted molar refractivity (Wildman–Crippen MR) is 102 cm³/mol. The fraction of sp³-hybridized carbons (Fsp3) is 0.524. The number of carbonyl (C=O) groups excluding carboxylic acids is 1. The molecule has 0 N–H and O–H groups in total. The first-order chi connectivity index (χ1) is 13.0. The van der Waals surface area contributed by atoms with E-state index >= 15 is 0 Å². The molecule has 1 saturated heterocycles. The van der Waals surface area contributed by atoms with Crippen LogP contribution >= 0.6 is 0 Å². The van der Waals surface area contributed by atoms with E-state index in [-0.39, 0.29) is 11.3 Å². The lowest BCUT2D eigenvalue weighted by Gasteiger charge is -2.40. The molecule has 2 aliphatic heterocycles. The zero-order valence-corrected chi connectivity index (χ0v) is 16.3. The van der Waals surface area contributed by atoms with Crippen LogP contribution in [-0.2, 0) is 24.3 Å². The minimum absolute atomic E-state index is 0.0518. The average molecular weight is 369 g/mol. The minimum atomic E-state index is 0.0518. The van der Waals surface area contributed by atoms with Crippen molar-refractivity contribution in [1.29, 1.82) is 0 Å². The Morgan fingerprint density at radius 3 is 2.85 bits per heavy atom. The Balaban J connectivity index is 1.48. The van der Waals surface area contributed by atoms with Gasteiger partial charge < -0.3 is 14.4 Å². The van der Waals surface area contributed by atoms with Crippen LogP contribution in [0.3, 0.4) is 0 Å². The lowest BCUT2D eigenvalue weighted by atomic mass is 9.76. The van der Waals surface area contributed by atoms with Crippen molar-refractivity contribution in [3.05, 3.63) is 41.2 Å². The maximum Gasteiger partial charge on any atom is 0.231 e. The van der Waals surface area contributed by atoms with Crippen LogP contribution in [0.25, 0.3) is 0 Å². The summed E-state index contributed by atoms with van der Waals surface area (Å²) in [6, 6.07) is 6.16. The van der Waals surface area contributed by atoms with E-state index in [0.717, 1.165) is 48.7 Å². The first kappa shape index (κ1) is 17.9. The lowest BCUT2D eigenvalue weighted by molar-refractivity contribution is -0.137. The van der Waals surface area contributed by atoms with Gasteiger partial charge in [-0.15, -0.1) is 0 Å². The molecule has 6 nitrogen and oxygen atoms in total. The highest BCUT2D eigenvalue weighted by Crippen LogP contribution is 2.38. The Morgan fingerprint density at radius 2 is 2.07 bits per heavy atom. The van der Waals surface area contributed by atoms with Gasteiger partial charge in [0.05, 0.1) is 6.20 Å². The van der Waals surface area contributed by atoms with Gasteiger partial charge in [-0.05, 0) is 49.8 Å². The number of benzene rings is 1. The van der Waals surface area contributed by atoms with Crippen LogP contribution in [0.15, 0.2) is 24.4 Å². The van der Waals surface area contributed by atoms with Gasteiger partial charge in [0.15, 0.2) is 11.5 Å². The summed E-state index contributed by atoms with van der Waals surface area (Å²) in [5, 5.41) is 4.42. The number of aryl methyl sites for hydroxylation is 1. The van der Waals surface area contributed by atoms with Gasteiger partial charge in [0, 0.05) is 37.3 Å². The topological polar surface area (TPSA) is 56.6 Å². The zero-order valence-electron chi connectivity index (χ0n) is 16.3. The summed E-state index contributed by atoms with van der Waals surface area (Å²) < 4.78 is 12.9. The number of ether oxygens (including phenoxy) is 2. The first-order valence-electron chi connectivity index (χ1n) is 9.65.